The van der Waals surface area contributed by atoms with Crippen LogP contribution in [-0.2, 0) is 0 Å². The molecule has 0 aliphatic carbocycles. The highest BCUT2D eigenvalue weighted by Crippen LogP contribution is 1.95. The van der Waals surface area contributed by atoms with Crippen LogP contribution in [0.5, 0.6) is 0 Å². The van der Waals surface area contributed by atoms with E-state index in [2.05, 4.69) is 25.1 Å². The average Bonchev–Trinajstić information content (AvgIpc) is 1.67. The van der Waals surface area contributed by atoms with Gasteiger partial charge in [0.25, 0.3) is 0 Å². The van der Waals surface area contributed by atoms with Crippen molar-refractivity contribution in [3.63, 3.8) is 0 Å². The quantitative estimate of drug-likeness (QED) is 0.436. The highest BCUT2D eigenvalue weighted by atomic mass is 35.6. The summed E-state index contributed by atoms with van der Waals surface area (Å²) in [7, 11) is 1.11. The minimum atomic E-state index is -0.977. The summed E-state index contributed by atoms with van der Waals surface area (Å²) in [5.74, 6) is 0. The van der Waals surface area contributed by atoms with E-state index >= 15 is 0 Å². The van der Waals surface area contributed by atoms with Crippen molar-refractivity contribution in [2.75, 3.05) is 13.6 Å². The second kappa shape index (κ2) is 4.36. The predicted molar refractivity (Wildman–Crippen MR) is 41.8 cm³/mol. The van der Waals surface area contributed by atoms with Crippen molar-refractivity contribution >= 4 is 19.3 Å². The molecule has 8 heavy (non-hydrogen) atoms. The first kappa shape index (κ1) is 8.47. The molecule has 3 heteroatoms. The van der Waals surface area contributed by atoms with Crippen LogP contribution >= 0.6 is 11.1 Å². The lowest BCUT2D eigenvalue weighted by Gasteiger charge is -2.15. The summed E-state index contributed by atoms with van der Waals surface area (Å²) >= 11 is 5.87. The second-order valence-electron chi connectivity index (χ2n) is 2.05. The van der Waals surface area contributed by atoms with Crippen LogP contribution in [0.4, 0.5) is 0 Å². The molecule has 1 unspecified atom stereocenters. The molecule has 0 aromatic carbocycles. The molecule has 0 saturated heterocycles. The Hall–Kier alpha value is 0.467. The standard InChI is InChI=1S/C5H14ClNSi/c1-4-5-7(2)8(3)6/h8H,4-5H2,1-3H3. The topological polar surface area (TPSA) is 3.24 Å². The third kappa shape index (κ3) is 3.47. The van der Waals surface area contributed by atoms with Crippen molar-refractivity contribution in [1.82, 2.24) is 4.57 Å². The van der Waals surface area contributed by atoms with E-state index in [1.54, 1.807) is 0 Å². The molecule has 0 aliphatic heterocycles. The van der Waals surface area contributed by atoms with Crippen LogP contribution in [0.2, 0.25) is 6.55 Å². The van der Waals surface area contributed by atoms with E-state index in [1.165, 1.54) is 6.42 Å². The number of rotatable bonds is 3. The maximum Gasteiger partial charge on any atom is 0.210 e. The van der Waals surface area contributed by atoms with E-state index in [-0.39, 0.29) is 0 Å². The highest BCUT2D eigenvalue weighted by molar-refractivity contribution is 7.04. The molecule has 50 valence electrons. The van der Waals surface area contributed by atoms with Crippen molar-refractivity contribution in [1.29, 1.82) is 0 Å². The maximum absolute atomic E-state index is 5.87. The number of hydrogen-bond acceptors (Lipinski definition) is 1. The summed E-state index contributed by atoms with van der Waals surface area (Å²) in [6.07, 6.45) is 1.21. The third-order valence-electron chi connectivity index (χ3n) is 1.18. The fourth-order valence-corrected chi connectivity index (χ4v) is 1.44. The van der Waals surface area contributed by atoms with Gasteiger partial charge in [-0.05, 0) is 26.6 Å². The highest BCUT2D eigenvalue weighted by Gasteiger charge is 2.03. The zero-order valence-electron chi connectivity index (χ0n) is 5.82. The lowest BCUT2D eigenvalue weighted by molar-refractivity contribution is 0.526. The molecule has 0 heterocycles. The van der Waals surface area contributed by atoms with Gasteiger partial charge in [0.1, 0.15) is 0 Å². The summed E-state index contributed by atoms with van der Waals surface area (Å²) < 4.78 is 2.25. The lowest BCUT2D eigenvalue weighted by Crippen LogP contribution is -2.28. The molecule has 0 radical (unpaired) electrons. The van der Waals surface area contributed by atoms with Gasteiger partial charge in [0.15, 0.2) is 0 Å². The van der Waals surface area contributed by atoms with Gasteiger partial charge in [-0.3, -0.25) is 0 Å². The third-order valence-corrected chi connectivity index (χ3v) is 3.66. The van der Waals surface area contributed by atoms with Crippen LogP contribution in [-0.4, -0.2) is 26.4 Å². The van der Waals surface area contributed by atoms with Crippen LogP contribution in [0.25, 0.3) is 0 Å². The monoisotopic (exact) mass is 151 g/mol. The Morgan fingerprint density at radius 2 is 2.12 bits per heavy atom. The second-order valence-corrected chi connectivity index (χ2v) is 5.98. The normalized spacial score (nSPS) is 14.6. The number of nitrogens with zero attached hydrogens (tertiary/aromatic N) is 1. The maximum atomic E-state index is 5.87. The van der Waals surface area contributed by atoms with E-state index in [4.69, 9.17) is 11.1 Å². The van der Waals surface area contributed by atoms with E-state index in [9.17, 15) is 0 Å². The van der Waals surface area contributed by atoms with Gasteiger partial charge in [-0.25, -0.2) is 0 Å². The van der Waals surface area contributed by atoms with Gasteiger partial charge in [-0.1, -0.05) is 6.92 Å². The molecular weight excluding hydrogens is 138 g/mol. The fourth-order valence-electron chi connectivity index (χ4n) is 0.531. The summed E-state index contributed by atoms with van der Waals surface area (Å²) in [5.41, 5.74) is 0. The Morgan fingerprint density at radius 1 is 1.62 bits per heavy atom. The summed E-state index contributed by atoms with van der Waals surface area (Å²) in [4.78, 5) is 0. The smallest absolute Gasteiger partial charge is 0.210 e. The van der Waals surface area contributed by atoms with Crippen LogP contribution in [0.15, 0.2) is 0 Å². The molecule has 0 aromatic heterocycles. The first-order chi connectivity index (χ1) is 3.68. The van der Waals surface area contributed by atoms with Crippen molar-refractivity contribution in [3.8, 4) is 0 Å². The molecule has 0 saturated carbocycles. The van der Waals surface area contributed by atoms with Gasteiger partial charge in [-0.2, -0.15) is 11.1 Å². The fraction of sp³-hybridized carbons (Fsp3) is 1.00. The average molecular weight is 152 g/mol. The molecule has 0 aliphatic rings. The van der Waals surface area contributed by atoms with Crippen LogP contribution in [0, 0.1) is 0 Å². The number of halogens is 1. The van der Waals surface area contributed by atoms with Crippen molar-refractivity contribution in [2.24, 2.45) is 0 Å². The Labute approximate surface area is 58.0 Å². The van der Waals surface area contributed by atoms with Crippen LogP contribution < -0.4 is 0 Å². The first-order valence-corrected chi connectivity index (χ1v) is 6.44. The Bertz CT molecular complexity index is 58.4. The minimum absolute atomic E-state index is 0.977. The van der Waals surface area contributed by atoms with Gasteiger partial charge in [0, 0.05) is 0 Å². The zero-order chi connectivity index (χ0) is 6.57. The molecule has 0 spiro atoms. The predicted octanol–water partition coefficient (Wildman–Crippen LogP) is 1.42. The molecule has 0 amide bonds. The Morgan fingerprint density at radius 3 is 2.25 bits per heavy atom. The SMILES string of the molecule is CCCN(C)[SiH](C)Cl. The Balaban J connectivity index is 3.17. The summed E-state index contributed by atoms with van der Waals surface area (Å²) in [6.45, 7) is 5.44. The van der Waals surface area contributed by atoms with Crippen LogP contribution in [0.3, 0.4) is 0 Å². The van der Waals surface area contributed by atoms with Crippen molar-refractivity contribution < 1.29 is 0 Å². The van der Waals surface area contributed by atoms with E-state index < -0.39 is 8.27 Å². The lowest BCUT2D eigenvalue weighted by atomic mass is 10.5. The molecule has 0 bridgehead atoms. The van der Waals surface area contributed by atoms with Gasteiger partial charge in [0.05, 0.1) is 0 Å². The molecule has 1 nitrogen and oxygen atoms in total. The zero-order valence-corrected chi connectivity index (χ0v) is 7.73. The molecular formula is C5H14ClNSi. The van der Waals surface area contributed by atoms with Crippen molar-refractivity contribution in [3.05, 3.63) is 0 Å². The van der Waals surface area contributed by atoms with E-state index in [1.807, 2.05) is 0 Å². The minimum Gasteiger partial charge on any atom is -0.317 e. The van der Waals surface area contributed by atoms with Gasteiger partial charge in [0.2, 0.25) is 8.27 Å². The largest absolute Gasteiger partial charge is 0.317 e. The Kier molecular flexibility index (Phi) is 4.61. The van der Waals surface area contributed by atoms with Gasteiger partial charge >= 0.3 is 0 Å². The van der Waals surface area contributed by atoms with Crippen LogP contribution in [0.1, 0.15) is 13.3 Å². The van der Waals surface area contributed by atoms with E-state index in [0.717, 1.165) is 6.54 Å². The molecule has 0 fully saturated rings. The molecule has 1 atom stereocenters. The summed E-state index contributed by atoms with van der Waals surface area (Å²) in [6, 6.07) is 0. The first-order valence-electron chi connectivity index (χ1n) is 3.02. The van der Waals surface area contributed by atoms with Crippen molar-refractivity contribution in [2.45, 2.75) is 19.9 Å². The molecule has 0 aromatic rings. The van der Waals surface area contributed by atoms with Gasteiger partial charge in [-0.15, -0.1) is 0 Å². The van der Waals surface area contributed by atoms with E-state index in [0.29, 0.717) is 0 Å². The number of hydrogen-bond donors (Lipinski definition) is 0. The van der Waals surface area contributed by atoms with Gasteiger partial charge < -0.3 is 4.57 Å². The summed E-state index contributed by atoms with van der Waals surface area (Å²) in [5, 5.41) is 0. The molecule has 0 N–H and O–H groups in total. The molecule has 0 rings (SSSR count).